The number of hydrogen-bond donors (Lipinski definition) is 1. The highest BCUT2D eigenvalue weighted by Gasteiger charge is 2.34. The fourth-order valence-corrected chi connectivity index (χ4v) is 4.07. The van der Waals surface area contributed by atoms with Crippen LogP contribution in [-0.4, -0.2) is 53.4 Å². The van der Waals surface area contributed by atoms with Crippen LogP contribution in [0.15, 0.2) is 17.7 Å². The average Bonchev–Trinajstić information content (AvgIpc) is 2.76. The van der Waals surface area contributed by atoms with Gasteiger partial charge < -0.3 is 33.5 Å². The van der Waals surface area contributed by atoms with Crippen molar-refractivity contribution in [3.05, 3.63) is 28.8 Å². The lowest BCUT2D eigenvalue weighted by molar-refractivity contribution is 0.100. The van der Waals surface area contributed by atoms with E-state index in [1.54, 1.807) is 49.6 Å². The number of fused-ring (bicyclic) bond motifs is 3. The first-order chi connectivity index (χ1) is 14.8. The number of rotatable bonds is 6. The summed E-state index contributed by atoms with van der Waals surface area (Å²) in [6.45, 7) is 3.69. The van der Waals surface area contributed by atoms with E-state index in [9.17, 15) is 5.11 Å². The number of aliphatic hydroxyl groups is 1. The quantitative estimate of drug-likeness (QED) is 0.739. The van der Waals surface area contributed by atoms with Gasteiger partial charge in [-0.25, -0.2) is 0 Å². The Morgan fingerprint density at radius 3 is 1.68 bits per heavy atom. The third-order valence-electron chi connectivity index (χ3n) is 5.78. The van der Waals surface area contributed by atoms with Gasteiger partial charge in [0.15, 0.2) is 23.0 Å². The molecule has 1 aliphatic carbocycles. The lowest BCUT2D eigenvalue weighted by atomic mass is 9.80. The highest BCUT2D eigenvalue weighted by Crippen LogP contribution is 2.55. The zero-order valence-corrected chi connectivity index (χ0v) is 19.3. The van der Waals surface area contributed by atoms with Crippen molar-refractivity contribution in [3.8, 4) is 45.6 Å². The molecule has 0 bridgehead atoms. The summed E-state index contributed by atoms with van der Waals surface area (Å²) < 4.78 is 34.0. The molecule has 0 amide bonds. The van der Waals surface area contributed by atoms with E-state index in [0.29, 0.717) is 40.9 Å². The SMILES string of the molecule is COc1cc2c(c(OC)c1OC)-c1c(cc(OC)c(OC)c1OC)C[C@@](C)(O)/C(C)=C\2. The number of hydrogen-bond acceptors (Lipinski definition) is 7. The zero-order valence-electron chi connectivity index (χ0n) is 19.3. The minimum Gasteiger partial charge on any atom is -0.493 e. The molecule has 168 valence electrons. The molecule has 0 aliphatic heterocycles. The maximum atomic E-state index is 11.3. The van der Waals surface area contributed by atoms with E-state index in [1.165, 1.54) is 0 Å². The molecule has 31 heavy (non-hydrogen) atoms. The summed E-state index contributed by atoms with van der Waals surface area (Å²) in [5, 5.41) is 11.3. The summed E-state index contributed by atoms with van der Waals surface area (Å²) in [4.78, 5) is 0. The van der Waals surface area contributed by atoms with Crippen LogP contribution in [0.4, 0.5) is 0 Å². The summed E-state index contributed by atoms with van der Waals surface area (Å²) in [7, 11) is 9.41. The maximum absolute atomic E-state index is 11.3. The summed E-state index contributed by atoms with van der Waals surface area (Å²) in [5.74, 6) is 2.92. The molecule has 0 fully saturated rings. The third kappa shape index (κ3) is 3.63. The lowest BCUT2D eigenvalue weighted by Gasteiger charge is -2.31. The van der Waals surface area contributed by atoms with Crippen LogP contribution in [0.1, 0.15) is 25.0 Å². The van der Waals surface area contributed by atoms with E-state index >= 15 is 0 Å². The molecular weight excluding hydrogens is 400 g/mol. The smallest absolute Gasteiger partial charge is 0.203 e. The molecule has 0 aromatic heterocycles. The van der Waals surface area contributed by atoms with Crippen molar-refractivity contribution >= 4 is 6.08 Å². The van der Waals surface area contributed by atoms with Gasteiger partial charge in [0.2, 0.25) is 11.5 Å². The topological polar surface area (TPSA) is 75.6 Å². The van der Waals surface area contributed by atoms with Crippen LogP contribution in [-0.2, 0) is 6.42 Å². The van der Waals surface area contributed by atoms with E-state index in [2.05, 4.69) is 0 Å². The van der Waals surface area contributed by atoms with Crippen LogP contribution in [0.25, 0.3) is 17.2 Å². The molecule has 0 heterocycles. The Hall–Kier alpha value is -3.06. The van der Waals surface area contributed by atoms with Gasteiger partial charge in [-0.15, -0.1) is 0 Å². The van der Waals surface area contributed by atoms with E-state index in [4.69, 9.17) is 28.4 Å². The zero-order chi connectivity index (χ0) is 22.9. The first-order valence-electron chi connectivity index (χ1n) is 9.84. The fraction of sp³-hybridized carbons (Fsp3) is 0.417. The minimum absolute atomic E-state index is 0.332. The van der Waals surface area contributed by atoms with Gasteiger partial charge in [-0.1, -0.05) is 6.08 Å². The highest BCUT2D eigenvalue weighted by molar-refractivity contribution is 5.92. The molecule has 0 saturated carbocycles. The van der Waals surface area contributed by atoms with Crippen LogP contribution in [0, 0.1) is 0 Å². The molecule has 0 spiro atoms. The Kier molecular flexibility index (Phi) is 6.27. The molecule has 0 unspecified atom stereocenters. The lowest BCUT2D eigenvalue weighted by Crippen LogP contribution is -2.29. The van der Waals surface area contributed by atoms with Crippen LogP contribution in [0.3, 0.4) is 0 Å². The van der Waals surface area contributed by atoms with Gasteiger partial charge in [-0.3, -0.25) is 0 Å². The second-order valence-corrected chi connectivity index (χ2v) is 7.57. The van der Waals surface area contributed by atoms with Gasteiger partial charge in [-0.05, 0) is 42.7 Å². The maximum Gasteiger partial charge on any atom is 0.203 e. The molecular formula is C24H30O7. The summed E-state index contributed by atoms with van der Waals surface area (Å²) >= 11 is 0. The Morgan fingerprint density at radius 1 is 0.710 bits per heavy atom. The molecule has 7 nitrogen and oxygen atoms in total. The Labute approximate surface area is 183 Å². The first kappa shape index (κ1) is 22.6. The highest BCUT2D eigenvalue weighted by atomic mass is 16.5. The van der Waals surface area contributed by atoms with Gasteiger partial charge >= 0.3 is 0 Å². The molecule has 3 rings (SSSR count). The normalized spacial score (nSPS) is 19.1. The van der Waals surface area contributed by atoms with Crippen LogP contribution >= 0.6 is 0 Å². The fourth-order valence-electron chi connectivity index (χ4n) is 4.07. The standard InChI is InChI=1S/C24H30O7/c1-13-9-14-10-16(26-3)20(28-5)22(30-7)18(14)19-15(12-24(13,2)25)11-17(27-4)21(29-6)23(19)31-8/h9-11,25H,12H2,1-8H3/b13-9-/t24-/m1/s1. The van der Waals surface area contributed by atoms with E-state index in [0.717, 1.165) is 27.8 Å². The van der Waals surface area contributed by atoms with E-state index < -0.39 is 5.60 Å². The van der Waals surface area contributed by atoms with Gasteiger partial charge in [-0.2, -0.15) is 0 Å². The molecule has 1 N–H and O–H groups in total. The van der Waals surface area contributed by atoms with Crippen LogP contribution < -0.4 is 28.4 Å². The largest absolute Gasteiger partial charge is 0.493 e. The molecule has 2 aromatic carbocycles. The van der Waals surface area contributed by atoms with E-state index in [1.807, 2.05) is 25.1 Å². The molecule has 1 atom stereocenters. The van der Waals surface area contributed by atoms with Crippen molar-refractivity contribution in [2.45, 2.75) is 25.9 Å². The second-order valence-electron chi connectivity index (χ2n) is 7.57. The molecule has 0 radical (unpaired) electrons. The van der Waals surface area contributed by atoms with E-state index in [-0.39, 0.29) is 0 Å². The first-order valence-corrected chi connectivity index (χ1v) is 9.84. The van der Waals surface area contributed by atoms with Crippen molar-refractivity contribution in [3.63, 3.8) is 0 Å². The van der Waals surface area contributed by atoms with Gasteiger partial charge in [0.05, 0.1) is 48.3 Å². The minimum atomic E-state index is -1.10. The predicted octanol–water partition coefficient (Wildman–Crippen LogP) is 4.12. The van der Waals surface area contributed by atoms with Crippen molar-refractivity contribution in [1.82, 2.24) is 0 Å². The Balaban J connectivity index is 2.60. The monoisotopic (exact) mass is 430 g/mol. The molecule has 2 aromatic rings. The van der Waals surface area contributed by atoms with Crippen LogP contribution in [0.2, 0.25) is 0 Å². The van der Waals surface area contributed by atoms with Gasteiger partial charge in [0, 0.05) is 17.5 Å². The molecule has 0 saturated heterocycles. The van der Waals surface area contributed by atoms with Gasteiger partial charge in [0.25, 0.3) is 0 Å². The summed E-state index contributed by atoms with van der Waals surface area (Å²) in [5.41, 5.74) is 2.79. The summed E-state index contributed by atoms with van der Waals surface area (Å²) in [6, 6.07) is 3.73. The predicted molar refractivity (Wildman–Crippen MR) is 119 cm³/mol. The van der Waals surface area contributed by atoms with Crippen molar-refractivity contribution in [2.75, 3.05) is 42.7 Å². The molecule has 1 aliphatic rings. The van der Waals surface area contributed by atoms with Gasteiger partial charge in [0.1, 0.15) is 0 Å². The summed E-state index contributed by atoms with van der Waals surface area (Å²) in [6.07, 6.45) is 2.26. The van der Waals surface area contributed by atoms with Crippen LogP contribution in [0.5, 0.6) is 34.5 Å². The third-order valence-corrected chi connectivity index (χ3v) is 5.78. The average molecular weight is 430 g/mol. The number of benzene rings is 2. The Morgan fingerprint density at radius 2 is 1.19 bits per heavy atom. The second kappa shape index (κ2) is 8.59. The van der Waals surface area contributed by atoms with Crippen molar-refractivity contribution in [2.24, 2.45) is 0 Å². The number of methoxy groups -OCH3 is 6. The molecule has 7 heteroatoms. The number of ether oxygens (including phenoxy) is 6. The Bertz CT molecular complexity index is 1020. The van der Waals surface area contributed by atoms with Crippen molar-refractivity contribution < 1.29 is 33.5 Å². The van der Waals surface area contributed by atoms with Crippen molar-refractivity contribution in [1.29, 1.82) is 0 Å².